The van der Waals surface area contributed by atoms with Crippen LogP contribution in [-0.4, -0.2) is 17.6 Å². The Hall–Kier alpha value is -3.57. The molecule has 1 heterocycles. The van der Waals surface area contributed by atoms with Gasteiger partial charge in [0.25, 0.3) is 0 Å². The Labute approximate surface area is 198 Å². The zero-order valence-electron chi connectivity index (χ0n) is 18.8. The van der Waals surface area contributed by atoms with Crippen molar-refractivity contribution in [3.63, 3.8) is 0 Å². The fourth-order valence-corrected chi connectivity index (χ4v) is 3.78. The number of hydrogen-bond donors (Lipinski definition) is 1. The standard InChI is InChI=1S/C27H25ClN2O3/c1-17(2)15-30-27(31)33-22-10-5-9-21(14-22)32-20-8-4-7-19(13-20)25-18(3)16-29-26-23(25)11-6-12-24(26)28/h4-14,16-17H,15H2,1-3H3,(H,30,31). The fourth-order valence-electron chi connectivity index (χ4n) is 3.55. The van der Waals surface area contributed by atoms with Crippen molar-refractivity contribution < 1.29 is 14.3 Å². The summed E-state index contributed by atoms with van der Waals surface area (Å²) in [6.45, 7) is 6.62. The van der Waals surface area contributed by atoms with Crippen molar-refractivity contribution in [3.8, 4) is 28.4 Å². The highest BCUT2D eigenvalue weighted by atomic mass is 35.5. The zero-order valence-corrected chi connectivity index (χ0v) is 19.5. The van der Waals surface area contributed by atoms with Crippen LogP contribution in [0, 0.1) is 12.8 Å². The maximum absolute atomic E-state index is 12.0. The van der Waals surface area contributed by atoms with Crippen molar-refractivity contribution in [1.82, 2.24) is 10.3 Å². The van der Waals surface area contributed by atoms with E-state index in [9.17, 15) is 4.79 Å². The zero-order chi connectivity index (χ0) is 23.4. The topological polar surface area (TPSA) is 60.5 Å². The molecule has 0 aliphatic carbocycles. The van der Waals surface area contributed by atoms with Gasteiger partial charge in [0.1, 0.15) is 17.2 Å². The predicted molar refractivity (Wildman–Crippen MR) is 132 cm³/mol. The summed E-state index contributed by atoms with van der Waals surface area (Å²) in [5.74, 6) is 1.99. The Balaban J connectivity index is 1.58. The summed E-state index contributed by atoms with van der Waals surface area (Å²) in [5, 5.41) is 4.34. The number of para-hydroxylation sites is 1. The number of amides is 1. The second-order valence-electron chi connectivity index (χ2n) is 8.22. The van der Waals surface area contributed by atoms with E-state index in [0.717, 1.165) is 27.6 Å². The summed E-state index contributed by atoms with van der Waals surface area (Å²) in [6, 6.07) is 20.6. The van der Waals surface area contributed by atoms with Gasteiger partial charge in [-0.1, -0.05) is 55.8 Å². The average molecular weight is 461 g/mol. The maximum Gasteiger partial charge on any atom is 0.412 e. The van der Waals surface area contributed by atoms with E-state index in [1.165, 1.54) is 0 Å². The number of hydrogen-bond acceptors (Lipinski definition) is 4. The molecule has 0 saturated heterocycles. The number of aryl methyl sites for hydroxylation is 1. The van der Waals surface area contributed by atoms with Crippen LogP contribution in [0.15, 0.2) is 72.9 Å². The predicted octanol–water partition coefficient (Wildman–Crippen LogP) is 7.40. The Morgan fingerprint density at radius 3 is 2.48 bits per heavy atom. The van der Waals surface area contributed by atoms with Crippen LogP contribution in [-0.2, 0) is 0 Å². The molecule has 0 saturated carbocycles. The molecule has 6 heteroatoms. The maximum atomic E-state index is 12.0. The largest absolute Gasteiger partial charge is 0.457 e. The highest BCUT2D eigenvalue weighted by molar-refractivity contribution is 6.35. The van der Waals surface area contributed by atoms with Gasteiger partial charge in [0.15, 0.2) is 0 Å². The average Bonchev–Trinajstić information content (AvgIpc) is 2.78. The second kappa shape index (κ2) is 9.92. The minimum Gasteiger partial charge on any atom is -0.457 e. The van der Waals surface area contributed by atoms with Gasteiger partial charge >= 0.3 is 6.09 Å². The van der Waals surface area contributed by atoms with Crippen molar-refractivity contribution in [2.24, 2.45) is 5.92 Å². The highest BCUT2D eigenvalue weighted by Crippen LogP contribution is 2.36. The minimum absolute atomic E-state index is 0.344. The van der Waals surface area contributed by atoms with Crippen molar-refractivity contribution in [3.05, 3.63) is 83.5 Å². The quantitative estimate of drug-likeness (QED) is 0.325. The molecule has 0 aliphatic rings. The molecule has 1 amide bonds. The first-order chi connectivity index (χ1) is 15.9. The van der Waals surface area contributed by atoms with Crippen molar-refractivity contribution in [2.75, 3.05) is 6.54 Å². The monoisotopic (exact) mass is 460 g/mol. The Morgan fingerprint density at radius 2 is 1.70 bits per heavy atom. The van der Waals surface area contributed by atoms with E-state index in [1.54, 1.807) is 18.2 Å². The van der Waals surface area contributed by atoms with Gasteiger partial charge in [0.05, 0.1) is 10.5 Å². The molecule has 0 unspecified atom stereocenters. The molecule has 168 valence electrons. The van der Waals surface area contributed by atoms with Crippen molar-refractivity contribution in [2.45, 2.75) is 20.8 Å². The van der Waals surface area contributed by atoms with Crippen LogP contribution in [0.25, 0.3) is 22.0 Å². The van der Waals surface area contributed by atoms with Gasteiger partial charge in [-0.2, -0.15) is 0 Å². The molecule has 0 bridgehead atoms. The molecule has 1 N–H and O–H groups in total. The number of nitrogens with one attached hydrogen (secondary N) is 1. The lowest BCUT2D eigenvalue weighted by atomic mass is 9.97. The first kappa shape index (κ1) is 22.6. The Morgan fingerprint density at radius 1 is 1.00 bits per heavy atom. The first-order valence-electron chi connectivity index (χ1n) is 10.8. The number of nitrogens with zero attached hydrogens (tertiary/aromatic N) is 1. The van der Waals surface area contributed by atoms with Gasteiger partial charge in [0.2, 0.25) is 0 Å². The lowest BCUT2D eigenvalue weighted by Gasteiger charge is -2.13. The third-order valence-electron chi connectivity index (χ3n) is 5.07. The fraction of sp³-hybridized carbons (Fsp3) is 0.185. The van der Waals surface area contributed by atoms with E-state index in [0.29, 0.717) is 34.7 Å². The Kier molecular flexibility index (Phi) is 6.80. The molecule has 4 rings (SSSR count). The van der Waals surface area contributed by atoms with E-state index in [2.05, 4.69) is 10.3 Å². The number of carbonyl (C=O) groups is 1. The third kappa shape index (κ3) is 5.44. The Bertz CT molecular complexity index is 1300. The number of carbonyl (C=O) groups excluding carboxylic acids is 1. The van der Waals surface area contributed by atoms with Gasteiger partial charge in [-0.05, 0) is 59.9 Å². The summed E-state index contributed by atoms with van der Waals surface area (Å²) in [5.41, 5.74) is 3.88. The van der Waals surface area contributed by atoms with Crippen LogP contribution < -0.4 is 14.8 Å². The number of rotatable bonds is 6. The van der Waals surface area contributed by atoms with Gasteiger partial charge in [-0.25, -0.2) is 4.79 Å². The summed E-state index contributed by atoms with van der Waals surface area (Å²) >= 11 is 6.37. The molecule has 0 radical (unpaired) electrons. The summed E-state index contributed by atoms with van der Waals surface area (Å²) in [7, 11) is 0. The molecule has 0 spiro atoms. The van der Waals surface area contributed by atoms with Crippen LogP contribution >= 0.6 is 11.6 Å². The lowest BCUT2D eigenvalue weighted by Crippen LogP contribution is -2.30. The van der Waals surface area contributed by atoms with Crippen LogP contribution in [0.3, 0.4) is 0 Å². The number of aromatic nitrogens is 1. The number of benzene rings is 3. The van der Waals surface area contributed by atoms with E-state index in [4.69, 9.17) is 21.1 Å². The van der Waals surface area contributed by atoms with Gasteiger partial charge in [0, 0.05) is 24.2 Å². The molecule has 0 aliphatic heterocycles. The van der Waals surface area contributed by atoms with Gasteiger partial charge in [-0.15, -0.1) is 0 Å². The lowest BCUT2D eigenvalue weighted by molar-refractivity contribution is 0.199. The summed E-state index contributed by atoms with van der Waals surface area (Å²) in [6.07, 6.45) is 1.35. The van der Waals surface area contributed by atoms with Crippen LogP contribution in [0.1, 0.15) is 19.4 Å². The smallest absolute Gasteiger partial charge is 0.412 e. The molecule has 1 aromatic heterocycles. The van der Waals surface area contributed by atoms with E-state index < -0.39 is 6.09 Å². The molecular weight excluding hydrogens is 436 g/mol. The van der Waals surface area contributed by atoms with Crippen molar-refractivity contribution >= 4 is 28.6 Å². The van der Waals surface area contributed by atoms with Crippen LogP contribution in [0.2, 0.25) is 5.02 Å². The molecule has 0 fully saturated rings. The molecule has 5 nitrogen and oxygen atoms in total. The van der Waals surface area contributed by atoms with Gasteiger partial charge < -0.3 is 14.8 Å². The SMILES string of the molecule is Cc1cnc2c(Cl)cccc2c1-c1cccc(Oc2cccc(OC(=O)NCC(C)C)c2)c1. The minimum atomic E-state index is -0.485. The summed E-state index contributed by atoms with van der Waals surface area (Å²) < 4.78 is 11.4. The number of halogens is 1. The van der Waals surface area contributed by atoms with Gasteiger partial charge in [-0.3, -0.25) is 4.98 Å². The highest BCUT2D eigenvalue weighted by Gasteiger charge is 2.12. The molecule has 3 aromatic carbocycles. The number of fused-ring (bicyclic) bond motifs is 1. The van der Waals surface area contributed by atoms with Crippen molar-refractivity contribution in [1.29, 1.82) is 0 Å². The number of ether oxygens (including phenoxy) is 2. The molecule has 4 aromatic rings. The molecule has 33 heavy (non-hydrogen) atoms. The van der Waals surface area contributed by atoms with E-state index >= 15 is 0 Å². The van der Waals surface area contributed by atoms with E-state index in [-0.39, 0.29) is 0 Å². The second-order valence-corrected chi connectivity index (χ2v) is 8.63. The third-order valence-corrected chi connectivity index (χ3v) is 5.37. The normalized spacial score (nSPS) is 10.9. The number of pyridine rings is 1. The van der Waals surface area contributed by atoms with E-state index in [1.807, 2.05) is 75.5 Å². The molecule has 0 atom stereocenters. The van der Waals surface area contributed by atoms with Crippen LogP contribution in [0.4, 0.5) is 4.79 Å². The van der Waals surface area contributed by atoms with Crippen LogP contribution in [0.5, 0.6) is 17.2 Å². The first-order valence-corrected chi connectivity index (χ1v) is 11.2. The summed E-state index contributed by atoms with van der Waals surface area (Å²) in [4.78, 5) is 16.5. The molecular formula is C27H25ClN2O3.